The molecule has 4 nitrogen and oxygen atoms in total. The Morgan fingerprint density at radius 1 is 0.895 bits per heavy atom. The number of benzene rings is 1. The molecule has 2 aliphatic rings. The zero-order chi connectivity index (χ0) is 27.2. The maximum Gasteiger partial charge on any atom is 0.338 e. The summed E-state index contributed by atoms with van der Waals surface area (Å²) in [7, 11) is 0. The summed E-state index contributed by atoms with van der Waals surface area (Å²) >= 11 is 0. The van der Waals surface area contributed by atoms with E-state index in [2.05, 4.69) is 32.9 Å². The van der Waals surface area contributed by atoms with E-state index in [0.717, 1.165) is 45.1 Å². The minimum atomic E-state index is -0.196. The van der Waals surface area contributed by atoms with Crippen LogP contribution < -0.4 is 0 Å². The lowest BCUT2D eigenvalue weighted by molar-refractivity contribution is -0.257. The van der Waals surface area contributed by atoms with E-state index >= 15 is 0 Å². The molecule has 0 unspecified atom stereocenters. The summed E-state index contributed by atoms with van der Waals surface area (Å²) in [4.78, 5) is 12.6. The molecule has 0 amide bonds. The van der Waals surface area contributed by atoms with Crippen molar-refractivity contribution in [2.75, 3.05) is 6.61 Å². The normalized spacial score (nSPS) is 26.7. The van der Waals surface area contributed by atoms with Crippen LogP contribution in [0.1, 0.15) is 152 Å². The van der Waals surface area contributed by atoms with Gasteiger partial charge in [0, 0.05) is 11.8 Å². The molecule has 1 aliphatic heterocycles. The molecule has 1 saturated heterocycles. The Bertz CT molecular complexity index is 767. The van der Waals surface area contributed by atoms with Crippen LogP contribution in [0, 0.1) is 11.8 Å². The summed E-state index contributed by atoms with van der Waals surface area (Å²) in [5.74, 6) is 1.40. The maximum atomic E-state index is 12.6. The molecule has 0 aromatic heterocycles. The second kappa shape index (κ2) is 17.3. The largest absolute Gasteiger partial charge is 0.459 e. The predicted octanol–water partition coefficient (Wildman–Crippen LogP) is 9.60. The Labute approximate surface area is 233 Å². The molecule has 216 valence electrons. The van der Waals surface area contributed by atoms with Gasteiger partial charge in [0.25, 0.3) is 0 Å². The van der Waals surface area contributed by atoms with E-state index < -0.39 is 0 Å². The second-order valence-electron chi connectivity index (χ2n) is 12.2. The molecule has 38 heavy (non-hydrogen) atoms. The molecular weight excluding hydrogens is 472 g/mol. The number of carbonyl (C=O) groups is 1. The van der Waals surface area contributed by atoms with Gasteiger partial charge in [-0.1, -0.05) is 83.8 Å². The van der Waals surface area contributed by atoms with Crippen LogP contribution in [0.15, 0.2) is 24.3 Å². The monoisotopic (exact) mass is 528 g/mol. The third-order valence-electron chi connectivity index (χ3n) is 8.96. The molecular formula is C34H56O4. The van der Waals surface area contributed by atoms with Crippen molar-refractivity contribution in [3.63, 3.8) is 0 Å². The van der Waals surface area contributed by atoms with Crippen LogP contribution in [0.3, 0.4) is 0 Å². The van der Waals surface area contributed by atoms with E-state index in [9.17, 15) is 4.79 Å². The Morgan fingerprint density at radius 2 is 1.53 bits per heavy atom. The standard InChI is InChI=1S/C34H56O4/c1-5-7-9-11-12-14-16-32-25-36-34(38-27(32)4)31-23-19-29(20-24-31)28-17-21-30(22-18-28)33(35)37-26(3)15-13-10-8-6-2/h17-18,21-22,26-27,29,31-32,34H,5-16,19-20,23-25H2,1-4H3/t26-,27-,29?,31?,32+,34+/m1/s1. The Kier molecular flexibility index (Phi) is 14.2. The van der Waals surface area contributed by atoms with Crippen molar-refractivity contribution in [3.05, 3.63) is 35.4 Å². The molecule has 0 radical (unpaired) electrons. The van der Waals surface area contributed by atoms with Crippen molar-refractivity contribution in [3.8, 4) is 0 Å². The third kappa shape index (κ3) is 10.3. The van der Waals surface area contributed by atoms with Crippen molar-refractivity contribution in [1.29, 1.82) is 0 Å². The first-order valence-corrected chi connectivity index (χ1v) is 16.1. The van der Waals surface area contributed by atoms with Crippen molar-refractivity contribution in [1.82, 2.24) is 0 Å². The van der Waals surface area contributed by atoms with Gasteiger partial charge in [-0.15, -0.1) is 0 Å². The van der Waals surface area contributed by atoms with Gasteiger partial charge in [-0.3, -0.25) is 0 Å². The Balaban J connectivity index is 1.35. The fraction of sp³-hybridized carbons (Fsp3) is 0.794. The van der Waals surface area contributed by atoms with Crippen molar-refractivity contribution >= 4 is 5.97 Å². The highest BCUT2D eigenvalue weighted by Crippen LogP contribution is 2.40. The zero-order valence-electron chi connectivity index (χ0n) is 24.9. The Morgan fingerprint density at radius 3 is 2.18 bits per heavy atom. The van der Waals surface area contributed by atoms with Gasteiger partial charge in [-0.2, -0.15) is 0 Å². The highest BCUT2D eigenvalue weighted by atomic mass is 16.7. The fourth-order valence-corrected chi connectivity index (χ4v) is 6.25. The van der Waals surface area contributed by atoms with Crippen molar-refractivity contribution in [2.24, 2.45) is 11.8 Å². The van der Waals surface area contributed by atoms with Crippen LogP contribution in [0.25, 0.3) is 0 Å². The first-order valence-electron chi connectivity index (χ1n) is 16.1. The maximum absolute atomic E-state index is 12.6. The molecule has 1 saturated carbocycles. The molecule has 0 N–H and O–H groups in total. The summed E-state index contributed by atoms with van der Waals surface area (Å²) in [6.45, 7) is 9.60. The van der Waals surface area contributed by atoms with E-state index in [1.165, 1.54) is 69.8 Å². The molecule has 1 aromatic rings. The lowest BCUT2D eigenvalue weighted by Gasteiger charge is -2.40. The number of hydrogen-bond acceptors (Lipinski definition) is 4. The van der Waals surface area contributed by atoms with Gasteiger partial charge in [-0.05, 0) is 82.4 Å². The molecule has 1 aromatic carbocycles. The first-order chi connectivity index (χ1) is 18.5. The average molecular weight is 529 g/mol. The van der Waals surface area contributed by atoms with Gasteiger partial charge in [0.1, 0.15) is 0 Å². The van der Waals surface area contributed by atoms with E-state index in [1.807, 2.05) is 19.1 Å². The number of carbonyl (C=O) groups excluding carboxylic acids is 1. The average Bonchev–Trinajstić information content (AvgIpc) is 2.94. The van der Waals surface area contributed by atoms with Crippen molar-refractivity contribution < 1.29 is 19.0 Å². The molecule has 0 spiro atoms. The number of rotatable bonds is 16. The summed E-state index contributed by atoms with van der Waals surface area (Å²) < 4.78 is 18.4. The van der Waals surface area contributed by atoms with Crippen molar-refractivity contribution in [2.45, 2.75) is 155 Å². The van der Waals surface area contributed by atoms with Gasteiger partial charge < -0.3 is 14.2 Å². The summed E-state index contributed by atoms with van der Waals surface area (Å²) in [5.41, 5.74) is 2.00. The van der Waals surface area contributed by atoms with Crippen LogP contribution in [0.4, 0.5) is 0 Å². The van der Waals surface area contributed by atoms with Crippen LogP contribution in [0.5, 0.6) is 0 Å². The first kappa shape index (κ1) is 31.1. The van der Waals surface area contributed by atoms with Gasteiger partial charge in [0.2, 0.25) is 0 Å². The highest BCUT2D eigenvalue weighted by molar-refractivity contribution is 5.89. The molecule has 1 aliphatic carbocycles. The highest BCUT2D eigenvalue weighted by Gasteiger charge is 2.35. The number of ether oxygens (including phenoxy) is 3. The zero-order valence-corrected chi connectivity index (χ0v) is 24.9. The molecule has 3 rings (SSSR count). The van der Waals surface area contributed by atoms with Crippen LogP contribution in [-0.4, -0.2) is 31.1 Å². The number of esters is 1. The van der Waals surface area contributed by atoms with E-state index in [4.69, 9.17) is 14.2 Å². The molecule has 0 bridgehead atoms. The second-order valence-corrected chi connectivity index (χ2v) is 12.2. The smallest absolute Gasteiger partial charge is 0.338 e. The summed E-state index contributed by atoms with van der Waals surface area (Å²) in [5, 5.41) is 0. The van der Waals surface area contributed by atoms with Gasteiger partial charge in [0.15, 0.2) is 6.29 Å². The summed E-state index contributed by atoms with van der Waals surface area (Å²) in [6, 6.07) is 8.17. The number of hydrogen-bond donors (Lipinski definition) is 0. The van der Waals surface area contributed by atoms with Crippen LogP contribution in [-0.2, 0) is 14.2 Å². The van der Waals surface area contributed by atoms with Crippen LogP contribution >= 0.6 is 0 Å². The molecule has 4 heteroatoms. The van der Waals surface area contributed by atoms with E-state index in [1.54, 1.807) is 0 Å². The van der Waals surface area contributed by atoms with Gasteiger partial charge in [0.05, 0.1) is 24.4 Å². The molecule has 2 fully saturated rings. The van der Waals surface area contributed by atoms with Crippen LogP contribution in [0.2, 0.25) is 0 Å². The topological polar surface area (TPSA) is 44.8 Å². The molecule has 1 heterocycles. The lowest BCUT2D eigenvalue weighted by Crippen LogP contribution is -2.42. The van der Waals surface area contributed by atoms with Gasteiger partial charge >= 0.3 is 5.97 Å². The Hall–Kier alpha value is -1.39. The van der Waals surface area contributed by atoms with Gasteiger partial charge in [-0.25, -0.2) is 4.79 Å². The lowest BCUT2D eigenvalue weighted by atomic mass is 9.78. The summed E-state index contributed by atoms with van der Waals surface area (Å²) in [6.07, 6.45) is 19.9. The quantitative estimate of drug-likeness (QED) is 0.158. The van der Waals surface area contributed by atoms with E-state index in [-0.39, 0.29) is 18.4 Å². The minimum absolute atomic E-state index is 0.0212. The van der Waals surface area contributed by atoms with E-state index in [0.29, 0.717) is 29.4 Å². The predicted molar refractivity (Wildman–Crippen MR) is 157 cm³/mol. The fourth-order valence-electron chi connectivity index (χ4n) is 6.25. The molecule has 4 atom stereocenters. The number of unbranched alkanes of at least 4 members (excludes halogenated alkanes) is 8. The minimum Gasteiger partial charge on any atom is -0.459 e. The third-order valence-corrected chi connectivity index (χ3v) is 8.96. The SMILES string of the molecule is CCCCCCCC[C@H]1CO[C@H](C2CCC(c3ccc(C(=O)O[C@H](C)CCCCCC)cc3)CC2)O[C@@H]1C.